The molecule has 0 saturated carbocycles. The summed E-state index contributed by atoms with van der Waals surface area (Å²) in [5.41, 5.74) is 1.83. The first-order valence-corrected chi connectivity index (χ1v) is 8.12. The summed E-state index contributed by atoms with van der Waals surface area (Å²) < 4.78 is 0. The Morgan fingerprint density at radius 3 is 2.57 bits per heavy atom. The van der Waals surface area contributed by atoms with E-state index in [0.717, 1.165) is 31.6 Å². The predicted octanol–water partition coefficient (Wildman–Crippen LogP) is 2.84. The lowest BCUT2D eigenvalue weighted by atomic mass is 9.97. The van der Waals surface area contributed by atoms with Crippen LogP contribution in [0.25, 0.3) is 0 Å². The second-order valence-electron chi connectivity index (χ2n) is 6.19. The molecule has 1 unspecified atom stereocenters. The molecule has 0 spiro atoms. The van der Waals surface area contributed by atoms with Crippen LogP contribution in [0, 0.1) is 12.8 Å². The van der Waals surface area contributed by atoms with E-state index in [2.05, 4.69) is 5.32 Å². The van der Waals surface area contributed by atoms with Crippen molar-refractivity contribution < 1.29 is 9.59 Å². The lowest BCUT2D eigenvalue weighted by Gasteiger charge is -2.32. The average Bonchev–Trinajstić information content (AvgIpc) is 2.53. The first-order chi connectivity index (χ1) is 10.6. The molecule has 4 nitrogen and oxygen atoms in total. The van der Waals surface area contributed by atoms with Crippen molar-refractivity contribution in [2.24, 2.45) is 5.92 Å². The minimum absolute atomic E-state index is 0. The number of amides is 1. The molecule has 23 heavy (non-hydrogen) atoms. The molecule has 128 valence electrons. The Bertz CT molecular complexity index is 514. The second-order valence-corrected chi connectivity index (χ2v) is 6.19. The Morgan fingerprint density at radius 2 is 1.91 bits per heavy atom. The van der Waals surface area contributed by atoms with E-state index in [1.165, 1.54) is 6.42 Å². The number of ketones is 1. The lowest BCUT2D eigenvalue weighted by Crippen LogP contribution is -2.42. The van der Waals surface area contributed by atoms with Gasteiger partial charge in [-0.25, -0.2) is 0 Å². The minimum Gasteiger partial charge on any atom is -0.342 e. The fraction of sp³-hybridized carbons (Fsp3) is 0.556. The Hall–Kier alpha value is -1.39. The number of carbonyl (C=O) groups is 2. The predicted molar refractivity (Wildman–Crippen MR) is 95.2 cm³/mol. The van der Waals surface area contributed by atoms with Crippen molar-refractivity contribution in [3.8, 4) is 0 Å². The van der Waals surface area contributed by atoms with Crippen LogP contribution in [0.5, 0.6) is 0 Å². The third kappa shape index (κ3) is 5.96. The van der Waals surface area contributed by atoms with Gasteiger partial charge >= 0.3 is 0 Å². The number of aryl methyl sites for hydroxylation is 1. The first kappa shape index (κ1) is 19.7. The SMILES string of the molecule is CNCC1CCCN(C(=O)CCC(=O)c2ccc(C)cc2)C1.Cl. The van der Waals surface area contributed by atoms with Gasteiger partial charge < -0.3 is 10.2 Å². The molecule has 1 aliphatic heterocycles. The van der Waals surface area contributed by atoms with E-state index >= 15 is 0 Å². The molecule has 1 N–H and O–H groups in total. The van der Waals surface area contributed by atoms with Crippen LogP contribution in [0.15, 0.2) is 24.3 Å². The van der Waals surface area contributed by atoms with Crippen molar-refractivity contribution in [2.75, 3.05) is 26.7 Å². The summed E-state index contributed by atoms with van der Waals surface area (Å²) in [6.07, 6.45) is 2.85. The summed E-state index contributed by atoms with van der Waals surface area (Å²) in [7, 11) is 1.95. The molecule has 1 atom stereocenters. The van der Waals surface area contributed by atoms with Crippen molar-refractivity contribution in [1.29, 1.82) is 0 Å². The number of Topliss-reactive ketones (excluding diaryl/α,β-unsaturated/α-hetero) is 1. The molecule has 1 saturated heterocycles. The van der Waals surface area contributed by atoms with Gasteiger partial charge in [0.15, 0.2) is 5.78 Å². The number of hydrogen-bond acceptors (Lipinski definition) is 3. The summed E-state index contributed by atoms with van der Waals surface area (Å²) in [4.78, 5) is 26.3. The van der Waals surface area contributed by atoms with E-state index in [9.17, 15) is 9.59 Å². The van der Waals surface area contributed by atoms with Crippen LogP contribution in [0.3, 0.4) is 0 Å². The highest BCUT2D eigenvalue weighted by Gasteiger charge is 2.23. The van der Waals surface area contributed by atoms with E-state index in [1.807, 2.05) is 43.1 Å². The highest BCUT2D eigenvalue weighted by molar-refractivity contribution is 5.97. The topological polar surface area (TPSA) is 49.4 Å². The van der Waals surface area contributed by atoms with Gasteiger partial charge in [-0.1, -0.05) is 29.8 Å². The fourth-order valence-corrected chi connectivity index (χ4v) is 3.01. The number of likely N-dealkylation sites (tertiary alicyclic amines) is 1. The molecule has 1 heterocycles. The van der Waals surface area contributed by atoms with Crippen LogP contribution in [-0.4, -0.2) is 43.3 Å². The van der Waals surface area contributed by atoms with Gasteiger partial charge in [0.25, 0.3) is 0 Å². The largest absolute Gasteiger partial charge is 0.342 e. The van der Waals surface area contributed by atoms with Crippen LogP contribution in [0.1, 0.15) is 41.6 Å². The van der Waals surface area contributed by atoms with Crippen molar-refractivity contribution in [3.63, 3.8) is 0 Å². The maximum atomic E-state index is 12.3. The Labute approximate surface area is 145 Å². The zero-order chi connectivity index (χ0) is 15.9. The van der Waals surface area contributed by atoms with Crippen molar-refractivity contribution >= 4 is 24.1 Å². The monoisotopic (exact) mass is 338 g/mol. The molecule has 2 rings (SSSR count). The molecular weight excluding hydrogens is 312 g/mol. The third-order valence-electron chi connectivity index (χ3n) is 4.30. The highest BCUT2D eigenvalue weighted by atomic mass is 35.5. The molecule has 1 aromatic rings. The van der Waals surface area contributed by atoms with Crippen molar-refractivity contribution in [1.82, 2.24) is 10.2 Å². The number of nitrogens with zero attached hydrogens (tertiary/aromatic N) is 1. The molecule has 1 fully saturated rings. The van der Waals surface area contributed by atoms with Gasteiger partial charge in [-0.15, -0.1) is 12.4 Å². The van der Waals surface area contributed by atoms with Gasteiger partial charge in [0.2, 0.25) is 5.91 Å². The fourth-order valence-electron chi connectivity index (χ4n) is 3.01. The number of benzene rings is 1. The van der Waals surface area contributed by atoms with Crippen LogP contribution in [0.4, 0.5) is 0 Å². The molecule has 1 aromatic carbocycles. The van der Waals surface area contributed by atoms with Gasteiger partial charge in [-0.3, -0.25) is 9.59 Å². The van der Waals surface area contributed by atoms with Gasteiger partial charge in [0.05, 0.1) is 0 Å². The van der Waals surface area contributed by atoms with E-state index in [1.54, 1.807) is 0 Å². The Balaban J connectivity index is 0.00000264. The van der Waals surface area contributed by atoms with Crippen molar-refractivity contribution in [2.45, 2.75) is 32.6 Å². The maximum absolute atomic E-state index is 12.3. The zero-order valence-corrected chi connectivity index (χ0v) is 14.8. The lowest BCUT2D eigenvalue weighted by molar-refractivity contribution is -0.132. The molecular formula is C18H27ClN2O2. The van der Waals surface area contributed by atoms with Gasteiger partial charge in [0, 0.05) is 31.5 Å². The van der Waals surface area contributed by atoms with E-state index in [-0.39, 0.29) is 24.1 Å². The van der Waals surface area contributed by atoms with Gasteiger partial charge in [-0.05, 0) is 39.3 Å². The van der Waals surface area contributed by atoms with E-state index < -0.39 is 0 Å². The van der Waals surface area contributed by atoms with Crippen LogP contribution in [0.2, 0.25) is 0 Å². The molecule has 1 aliphatic rings. The molecule has 0 aliphatic carbocycles. The quantitative estimate of drug-likeness (QED) is 0.811. The van der Waals surface area contributed by atoms with Crippen LogP contribution >= 0.6 is 12.4 Å². The molecule has 5 heteroatoms. The average molecular weight is 339 g/mol. The van der Waals surface area contributed by atoms with Gasteiger partial charge in [-0.2, -0.15) is 0 Å². The van der Waals surface area contributed by atoms with Crippen LogP contribution < -0.4 is 5.32 Å². The Kier molecular flexibility index (Phi) is 8.28. The number of rotatable bonds is 6. The smallest absolute Gasteiger partial charge is 0.223 e. The molecule has 1 amide bonds. The summed E-state index contributed by atoms with van der Waals surface area (Å²) in [5.74, 6) is 0.703. The number of hydrogen-bond donors (Lipinski definition) is 1. The second kappa shape index (κ2) is 9.68. The standard InChI is InChI=1S/C18H26N2O2.ClH/c1-14-5-7-16(8-6-14)17(21)9-10-18(22)20-11-3-4-15(13-20)12-19-2;/h5-8,15,19H,3-4,9-13H2,1-2H3;1H. The maximum Gasteiger partial charge on any atom is 0.223 e. The van der Waals surface area contributed by atoms with Crippen molar-refractivity contribution in [3.05, 3.63) is 35.4 Å². The molecule has 0 aromatic heterocycles. The van der Waals surface area contributed by atoms with Gasteiger partial charge in [0.1, 0.15) is 0 Å². The summed E-state index contributed by atoms with van der Waals surface area (Å²) in [6.45, 7) is 4.60. The number of nitrogens with one attached hydrogen (secondary N) is 1. The number of carbonyl (C=O) groups excluding carboxylic acids is 2. The highest BCUT2D eigenvalue weighted by Crippen LogP contribution is 2.17. The summed E-state index contributed by atoms with van der Waals surface area (Å²) >= 11 is 0. The minimum atomic E-state index is 0. The van der Waals surface area contributed by atoms with E-state index in [0.29, 0.717) is 24.3 Å². The Morgan fingerprint density at radius 1 is 1.22 bits per heavy atom. The summed E-state index contributed by atoms with van der Waals surface area (Å²) in [6, 6.07) is 7.54. The molecule has 0 bridgehead atoms. The molecule has 0 radical (unpaired) electrons. The normalized spacial score (nSPS) is 17.5. The summed E-state index contributed by atoms with van der Waals surface area (Å²) in [5, 5.41) is 3.18. The third-order valence-corrected chi connectivity index (χ3v) is 4.30. The first-order valence-electron chi connectivity index (χ1n) is 8.12. The number of piperidine rings is 1. The number of halogens is 1. The van der Waals surface area contributed by atoms with E-state index in [4.69, 9.17) is 0 Å². The van der Waals surface area contributed by atoms with Crippen LogP contribution in [-0.2, 0) is 4.79 Å². The zero-order valence-electron chi connectivity index (χ0n) is 14.0.